The zero-order valence-corrected chi connectivity index (χ0v) is 8.66. The third-order valence-electron chi connectivity index (χ3n) is 2.44. The molecule has 13 heavy (non-hydrogen) atoms. The van der Waals surface area contributed by atoms with Gasteiger partial charge in [0.25, 0.3) is 5.95 Å². The molecule has 0 saturated carbocycles. The summed E-state index contributed by atoms with van der Waals surface area (Å²) < 4.78 is 4.94. The predicted molar refractivity (Wildman–Crippen MR) is 51.0 cm³/mol. The first kappa shape index (κ1) is 10.0. The minimum atomic E-state index is 0.219. The average Bonchev–Trinajstić information content (AvgIpc) is 2.33. The monoisotopic (exact) mass is 183 g/mol. The van der Waals surface area contributed by atoms with Crippen LogP contribution in [0.15, 0.2) is 4.52 Å². The van der Waals surface area contributed by atoms with Crippen molar-refractivity contribution in [3.8, 4) is 0 Å². The first-order chi connectivity index (χ1) is 5.89. The molecule has 0 aromatic carbocycles. The third kappa shape index (κ3) is 2.72. The SMILES string of the molecule is CC(Cc1nc(N)no1)C(C)(C)C. The molecule has 74 valence electrons. The van der Waals surface area contributed by atoms with Crippen LogP contribution in [0, 0.1) is 11.3 Å². The van der Waals surface area contributed by atoms with Gasteiger partial charge in [-0.2, -0.15) is 4.98 Å². The third-order valence-corrected chi connectivity index (χ3v) is 2.44. The number of hydrogen-bond acceptors (Lipinski definition) is 4. The van der Waals surface area contributed by atoms with Crippen LogP contribution in [0.5, 0.6) is 0 Å². The van der Waals surface area contributed by atoms with Gasteiger partial charge in [0, 0.05) is 6.42 Å². The summed E-state index contributed by atoms with van der Waals surface area (Å²) in [6.07, 6.45) is 0.785. The normalized spacial score (nSPS) is 14.5. The molecule has 1 rings (SSSR count). The van der Waals surface area contributed by atoms with Gasteiger partial charge in [-0.05, 0) is 16.5 Å². The zero-order valence-electron chi connectivity index (χ0n) is 8.66. The smallest absolute Gasteiger partial charge is 0.260 e. The van der Waals surface area contributed by atoms with Gasteiger partial charge in [0.15, 0.2) is 0 Å². The lowest BCUT2D eigenvalue weighted by atomic mass is 9.80. The second-order valence-corrected chi connectivity index (χ2v) is 4.52. The largest absolute Gasteiger partial charge is 0.365 e. The fourth-order valence-electron chi connectivity index (χ4n) is 0.919. The van der Waals surface area contributed by atoms with Gasteiger partial charge >= 0.3 is 0 Å². The zero-order chi connectivity index (χ0) is 10.1. The van der Waals surface area contributed by atoms with E-state index in [0.717, 1.165) is 6.42 Å². The van der Waals surface area contributed by atoms with E-state index in [2.05, 4.69) is 37.8 Å². The molecule has 0 radical (unpaired) electrons. The van der Waals surface area contributed by atoms with E-state index in [1.807, 2.05) is 0 Å². The van der Waals surface area contributed by atoms with Crippen LogP contribution in [0.4, 0.5) is 5.95 Å². The van der Waals surface area contributed by atoms with Crippen LogP contribution in [0.2, 0.25) is 0 Å². The topological polar surface area (TPSA) is 64.9 Å². The number of nitrogens with two attached hydrogens (primary N) is 1. The van der Waals surface area contributed by atoms with Crippen LogP contribution in [0.25, 0.3) is 0 Å². The van der Waals surface area contributed by atoms with Crippen molar-refractivity contribution in [3.63, 3.8) is 0 Å². The van der Waals surface area contributed by atoms with Gasteiger partial charge in [0.05, 0.1) is 0 Å². The van der Waals surface area contributed by atoms with E-state index in [1.165, 1.54) is 0 Å². The summed E-state index contributed by atoms with van der Waals surface area (Å²) in [5.41, 5.74) is 5.60. The molecular weight excluding hydrogens is 166 g/mol. The standard InChI is InChI=1S/C9H17N3O/c1-6(9(2,3)4)5-7-11-8(10)12-13-7/h6H,5H2,1-4H3,(H2,10,12). The molecule has 1 unspecified atom stereocenters. The minimum Gasteiger partial charge on any atom is -0.365 e. The van der Waals surface area contributed by atoms with E-state index in [9.17, 15) is 0 Å². The Bertz CT molecular complexity index is 275. The fourth-order valence-corrected chi connectivity index (χ4v) is 0.919. The molecule has 1 atom stereocenters. The van der Waals surface area contributed by atoms with Crippen molar-refractivity contribution in [2.24, 2.45) is 11.3 Å². The maximum absolute atomic E-state index is 5.35. The van der Waals surface area contributed by atoms with Crippen molar-refractivity contribution in [1.29, 1.82) is 0 Å². The Morgan fingerprint density at radius 2 is 2.08 bits per heavy atom. The molecule has 1 aromatic rings. The molecule has 1 heterocycles. The van der Waals surface area contributed by atoms with Crippen molar-refractivity contribution in [2.45, 2.75) is 34.1 Å². The van der Waals surface area contributed by atoms with Crippen LogP contribution >= 0.6 is 0 Å². The molecule has 1 aromatic heterocycles. The molecule has 0 aliphatic heterocycles. The highest BCUT2D eigenvalue weighted by Gasteiger charge is 2.22. The fraction of sp³-hybridized carbons (Fsp3) is 0.778. The van der Waals surface area contributed by atoms with Crippen molar-refractivity contribution in [3.05, 3.63) is 5.89 Å². The molecule has 4 nitrogen and oxygen atoms in total. The Labute approximate surface area is 78.5 Å². The second kappa shape index (κ2) is 3.36. The van der Waals surface area contributed by atoms with Crippen LogP contribution < -0.4 is 5.73 Å². The summed E-state index contributed by atoms with van der Waals surface area (Å²) in [5, 5.41) is 3.54. The van der Waals surface area contributed by atoms with Crippen LogP contribution in [-0.2, 0) is 6.42 Å². The Hall–Kier alpha value is -1.06. The molecule has 0 aliphatic carbocycles. The Morgan fingerprint density at radius 1 is 1.46 bits per heavy atom. The quantitative estimate of drug-likeness (QED) is 0.760. The molecule has 0 fully saturated rings. The molecule has 4 heteroatoms. The number of aromatic nitrogens is 2. The summed E-state index contributed by atoms with van der Waals surface area (Å²) in [7, 11) is 0. The van der Waals surface area contributed by atoms with E-state index in [1.54, 1.807) is 0 Å². The molecule has 0 saturated heterocycles. The van der Waals surface area contributed by atoms with Gasteiger partial charge in [0.1, 0.15) is 0 Å². The summed E-state index contributed by atoms with van der Waals surface area (Å²) >= 11 is 0. The van der Waals surface area contributed by atoms with Crippen molar-refractivity contribution in [2.75, 3.05) is 5.73 Å². The lowest BCUT2D eigenvalue weighted by Crippen LogP contribution is -2.19. The first-order valence-corrected chi connectivity index (χ1v) is 4.47. The Morgan fingerprint density at radius 3 is 2.46 bits per heavy atom. The summed E-state index contributed by atoms with van der Waals surface area (Å²) in [5.74, 6) is 1.34. The summed E-state index contributed by atoms with van der Waals surface area (Å²) in [6.45, 7) is 8.74. The average molecular weight is 183 g/mol. The number of anilines is 1. The lowest BCUT2D eigenvalue weighted by Gasteiger charge is -2.25. The maximum atomic E-state index is 5.35. The van der Waals surface area contributed by atoms with Gasteiger partial charge in [0.2, 0.25) is 5.89 Å². The van der Waals surface area contributed by atoms with E-state index >= 15 is 0 Å². The van der Waals surface area contributed by atoms with Gasteiger partial charge in [-0.1, -0.05) is 27.7 Å². The van der Waals surface area contributed by atoms with Crippen molar-refractivity contribution < 1.29 is 4.52 Å². The van der Waals surface area contributed by atoms with Crippen molar-refractivity contribution >= 4 is 5.95 Å². The van der Waals surface area contributed by atoms with E-state index in [4.69, 9.17) is 10.3 Å². The lowest BCUT2D eigenvalue weighted by molar-refractivity contribution is 0.236. The molecule has 2 N–H and O–H groups in total. The number of rotatable bonds is 2. The van der Waals surface area contributed by atoms with Gasteiger partial charge in [-0.25, -0.2) is 0 Å². The van der Waals surface area contributed by atoms with Gasteiger partial charge < -0.3 is 10.3 Å². The molecule has 0 aliphatic rings. The number of nitrogens with zero attached hydrogens (tertiary/aromatic N) is 2. The van der Waals surface area contributed by atoms with Gasteiger partial charge in [-0.15, -0.1) is 0 Å². The van der Waals surface area contributed by atoms with E-state index in [0.29, 0.717) is 11.8 Å². The minimum absolute atomic E-state index is 0.219. The summed E-state index contributed by atoms with van der Waals surface area (Å²) in [4.78, 5) is 3.96. The first-order valence-electron chi connectivity index (χ1n) is 4.47. The van der Waals surface area contributed by atoms with E-state index < -0.39 is 0 Å². The maximum Gasteiger partial charge on any atom is 0.260 e. The second-order valence-electron chi connectivity index (χ2n) is 4.52. The highest BCUT2D eigenvalue weighted by Crippen LogP contribution is 2.27. The molecule has 0 spiro atoms. The molecule has 0 bridgehead atoms. The molecular formula is C9H17N3O. The highest BCUT2D eigenvalue weighted by atomic mass is 16.5. The van der Waals surface area contributed by atoms with Crippen molar-refractivity contribution in [1.82, 2.24) is 10.1 Å². The van der Waals surface area contributed by atoms with Crippen LogP contribution in [0.3, 0.4) is 0 Å². The number of hydrogen-bond donors (Lipinski definition) is 1. The van der Waals surface area contributed by atoms with Gasteiger partial charge in [-0.3, -0.25) is 0 Å². The van der Waals surface area contributed by atoms with Crippen LogP contribution in [0.1, 0.15) is 33.6 Å². The van der Waals surface area contributed by atoms with Crippen LogP contribution in [-0.4, -0.2) is 10.1 Å². The number of nitrogen functional groups attached to an aromatic ring is 1. The Kier molecular flexibility index (Phi) is 2.59. The summed E-state index contributed by atoms with van der Waals surface area (Å²) in [6, 6.07) is 0. The molecule has 0 amide bonds. The van der Waals surface area contributed by atoms with E-state index in [-0.39, 0.29) is 11.4 Å². The highest BCUT2D eigenvalue weighted by molar-refractivity contribution is 5.10. The Balaban J connectivity index is 2.60. The predicted octanol–water partition coefficient (Wildman–Crippen LogP) is 1.88.